The molecule has 0 amide bonds. The van der Waals surface area contributed by atoms with Gasteiger partial charge in [-0.05, 0) is 46.7 Å². The van der Waals surface area contributed by atoms with Gasteiger partial charge in [0.05, 0.1) is 5.69 Å². The molecule has 1 heterocycles. The lowest BCUT2D eigenvalue weighted by molar-refractivity contribution is 0.937. The van der Waals surface area contributed by atoms with Gasteiger partial charge < -0.3 is 0 Å². The molecule has 4 rings (SSSR count). The molecule has 0 saturated carbocycles. The monoisotopic (exact) mass is 299 g/mol. The van der Waals surface area contributed by atoms with Gasteiger partial charge in [-0.3, -0.25) is 4.98 Å². The molecule has 0 atom stereocenters. The molecule has 1 nitrogen and oxygen atoms in total. The van der Waals surface area contributed by atoms with Gasteiger partial charge in [0.25, 0.3) is 0 Å². The lowest BCUT2D eigenvalue weighted by atomic mass is 9.93. The smallest absolute Gasteiger partial charge is 0.0529 e. The van der Waals surface area contributed by atoms with Crippen LogP contribution in [0.1, 0.15) is 36.4 Å². The first kappa shape index (κ1) is 14.2. The van der Waals surface area contributed by atoms with Crippen LogP contribution in [0.5, 0.6) is 0 Å². The number of hydrogen-bond acceptors (Lipinski definition) is 1. The summed E-state index contributed by atoms with van der Waals surface area (Å²) >= 11 is 0. The highest BCUT2D eigenvalue weighted by Gasteiger charge is 2.24. The van der Waals surface area contributed by atoms with E-state index in [0.29, 0.717) is 0 Å². The molecule has 0 unspecified atom stereocenters. The molecule has 23 heavy (non-hydrogen) atoms. The maximum absolute atomic E-state index is 4.99. The molecule has 0 N–H and O–H groups in total. The Morgan fingerprint density at radius 3 is 2.43 bits per heavy atom. The topological polar surface area (TPSA) is 12.9 Å². The van der Waals surface area contributed by atoms with E-state index in [1.165, 1.54) is 44.8 Å². The lowest BCUT2D eigenvalue weighted by Gasteiger charge is -2.12. The van der Waals surface area contributed by atoms with Crippen LogP contribution in [0.4, 0.5) is 0 Å². The first-order valence-corrected chi connectivity index (χ1v) is 8.51. The Morgan fingerprint density at radius 1 is 0.870 bits per heavy atom. The summed E-state index contributed by atoms with van der Waals surface area (Å²) in [4.78, 5) is 4.99. The fraction of sp³-hybridized carbons (Fsp3) is 0.227. The number of rotatable bonds is 3. The highest BCUT2D eigenvalue weighted by Crippen LogP contribution is 2.43. The molecule has 0 radical (unpaired) electrons. The van der Waals surface area contributed by atoms with Gasteiger partial charge in [0, 0.05) is 17.7 Å². The second-order valence-electron chi connectivity index (χ2n) is 6.18. The number of aromatic nitrogens is 1. The summed E-state index contributed by atoms with van der Waals surface area (Å²) in [5.74, 6) is 0. The Bertz CT molecular complexity index is 863. The normalized spacial score (nSPS) is 12.1. The van der Waals surface area contributed by atoms with Crippen molar-refractivity contribution in [2.75, 3.05) is 0 Å². The van der Waals surface area contributed by atoms with Gasteiger partial charge in [0.15, 0.2) is 0 Å². The Morgan fingerprint density at radius 2 is 1.70 bits per heavy atom. The Kier molecular flexibility index (Phi) is 3.49. The highest BCUT2D eigenvalue weighted by atomic mass is 14.7. The molecule has 0 fully saturated rings. The third-order valence-corrected chi connectivity index (χ3v) is 4.85. The second-order valence-corrected chi connectivity index (χ2v) is 6.18. The Balaban J connectivity index is 1.95. The average Bonchev–Trinajstić information content (AvgIpc) is 2.98. The molecule has 2 aromatic carbocycles. The number of nitrogens with zero attached hydrogens (tertiary/aromatic N) is 1. The number of benzene rings is 2. The first-order valence-electron chi connectivity index (χ1n) is 8.51. The van der Waals surface area contributed by atoms with Crippen LogP contribution in [0.25, 0.3) is 22.3 Å². The zero-order valence-corrected chi connectivity index (χ0v) is 13.8. The molecule has 1 aliphatic carbocycles. The minimum absolute atomic E-state index is 0.961. The lowest BCUT2D eigenvalue weighted by Crippen LogP contribution is -1.99. The van der Waals surface area contributed by atoms with Gasteiger partial charge in [0.2, 0.25) is 0 Å². The maximum Gasteiger partial charge on any atom is 0.0529 e. The van der Waals surface area contributed by atoms with E-state index >= 15 is 0 Å². The van der Waals surface area contributed by atoms with Crippen LogP contribution in [-0.2, 0) is 19.3 Å². The minimum Gasteiger partial charge on any atom is -0.257 e. The summed E-state index contributed by atoms with van der Waals surface area (Å²) < 4.78 is 0. The average molecular weight is 299 g/mol. The summed E-state index contributed by atoms with van der Waals surface area (Å²) in [5.41, 5.74) is 10.7. The SMILES string of the molecule is CCc1cc2c(nc1CC)Cc1cccc(-c3ccccc3)c1-2. The Hall–Kier alpha value is -2.41. The molecular formula is C22H21N. The number of aryl methyl sites for hydroxylation is 2. The number of hydrogen-bond donors (Lipinski definition) is 0. The van der Waals surface area contributed by atoms with Gasteiger partial charge in [-0.25, -0.2) is 0 Å². The molecule has 0 aliphatic heterocycles. The van der Waals surface area contributed by atoms with Gasteiger partial charge in [-0.15, -0.1) is 0 Å². The van der Waals surface area contributed by atoms with Crippen molar-refractivity contribution >= 4 is 0 Å². The second kappa shape index (κ2) is 5.66. The molecule has 0 saturated heterocycles. The predicted molar refractivity (Wildman–Crippen MR) is 96.7 cm³/mol. The Labute approximate surface area is 138 Å². The number of fused-ring (bicyclic) bond motifs is 3. The van der Waals surface area contributed by atoms with Gasteiger partial charge in [0.1, 0.15) is 0 Å². The minimum atomic E-state index is 0.961. The van der Waals surface area contributed by atoms with Crippen LogP contribution in [0.2, 0.25) is 0 Å². The van der Waals surface area contributed by atoms with Crippen LogP contribution >= 0.6 is 0 Å². The van der Waals surface area contributed by atoms with Crippen LogP contribution < -0.4 is 0 Å². The van der Waals surface area contributed by atoms with E-state index in [-0.39, 0.29) is 0 Å². The fourth-order valence-electron chi connectivity index (χ4n) is 3.70. The first-order chi connectivity index (χ1) is 11.3. The van der Waals surface area contributed by atoms with Crippen LogP contribution in [0, 0.1) is 0 Å². The molecule has 0 spiro atoms. The van der Waals surface area contributed by atoms with Crippen LogP contribution in [-0.4, -0.2) is 4.98 Å². The zero-order valence-electron chi connectivity index (χ0n) is 13.8. The number of pyridine rings is 1. The van der Waals surface area contributed by atoms with Crippen molar-refractivity contribution in [1.82, 2.24) is 4.98 Å². The van der Waals surface area contributed by atoms with Crippen LogP contribution in [0.3, 0.4) is 0 Å². The summed E-state index contributed by atoms with van der Waals surface area (Å²) in [6.45, 7) is 4.42. The fourth-order valence-corrected chi connectivity index (χ4v) is 3.70. The van der Waals surface area contributed by atoms with Crippen molar-refractivity contribution < 1.29 is 0 Å². The highest BCUT2D eigenvalue weighted by molar-refractivity contribution is 5.89. The summed E-state index contributed by atoms with van der Waals surface area (Å²) in [6.07, 6.45) is 3.02. The van der Waals surface area contributed by atoms with Crippen molar-refractivity contribution in [2.24, 2.45) is 0 Å². The van der Waals surface area contributed by atoms with Crippen LogP contribution in [0.15, 0.2) is 54.6 Å². The third kappa shape index (κ3) is 2.28. The van der Waals surface area contributed by atoms with E-state index in [2.05, 4.69) is 68.4 Å². The van der Waals surface area contributed by atoms with Gasteiger partial charge in [-0.1, -0.05) is 62.4 Å². The standard InChI is InChI=1S/C22H21N/c1-3-15-13-19-21(23-20(15)4-2)14-17-11-8-12-18(22(17)19)16-9-6-5-7-10-16/h5-13H,3-4,14H2,1-2H3. The molecule has 1 aliphatic rings. The summed E-state index contributed by atoms with van der Waals surface area (Å²) in [7, 11) is 0. The maximum atomic E-state index is 4.99. The molecule has 3 aromatic rings. The molecule has 0 bridgehead atoms. The van der Waals surface area contributed by atoms with Crippen molar-refractivity contribution in [2.45, 2.75) is 33.1 Å². The zero-order chi connectivity index (χ0) is 15.8. The largest absolute Gasteiger partial charge is 0.257 e. The molecule has 114 valence electrons. The molecule has 1 heteroatoms. The summed E-state index contributed by atoms with van der Waals surface area (Å²) in [5, 5.41) is 0. The van der Waals surface area contributed by atoms with Crippen molar-refractivity contribution in [3.05, 3.63) is 77.1 Å². The van der Waals surface area contributed by atoms with E-state index in [0.717, 1.165) is 19.3 Å². The van der Waals surface area contributed by atoms with E-state index in [1.807, 2.05) is 0 Å². The van der Waals surface area contributed by atoms with E-state index < -0.39 is 0 Å². The van der Waals surface area contributed by atoms with Gasteiger partial charge in [-0.2, -0.15) is 0 Å². The van der Waals surface area contributed by atoms with Crippen molar-refractivity contribution in [1.29, 1.82) is 0 Å². The van der Waals surface area contributed by atoms with E-state index in [1.54, 1.807) is 0 Å². The van der Waals surface area contributed by atoms with E-state index in [9.17, 15) is 0 Å². The quantitative estimate of drug-likeness (QED) is 0.490. The van der Waals surface area contributed by atoms with Crippen molar-refractivity contribution in [3.63, 3.8) is 0 Å². The third-order valence-electron chi connectivity index (χ3n) is 4.85. The molecular weight excluding hydrogens is 278 g/mol. The molecule has 1 aromatic heterocycles. The van der Waals surface area contributed by atoms with Gasteiger partial charge >= 0.3 is 0 Å². The van der Waals surface area contributed by atoms with E-state index in [4.69, 9.17) is 4.98 Å². The predicted octanol–water partition coefficient (Wildman–Crippen LogP) is 5.44. The summed E-state index contributed by atoms with van der Waals surface area (Å²) in [6, 6.07) is 19.7. The van der Waals surface area contributed by atoms with Crippen molar-refractivity contribution in [3.8, 4) is 22.3 Å².